The first-order valence-corrected chi connectivity index (χ1v) is 10.6. The minimum atomic E-state index is -0.0862. The van der Waals surface area contributed by atoms with Gasteiger partial charge in [0.1, 0.15) is 0 Å². The number of unbranched alkanes of at least 4 members (excludes halogenated alkanes) is 4. The van der Waals surface area contributed by atoms with Crippen molar-refractivity contribution in [3.8, 4) is 0 Å². The Morgan fingerprint density at radius 3 is 2.43 bits per heavy atom. The molecule has 0 unspecified atom stereocenters. The second-order valence-electron chi connectivity index (χ2n) is 7.31. The average Bonchev–Trinajstić information content (AvgIpc) is 2.68. The van der Waals surface area contributed by atoms with Gasteiger partial charge in [-0.15, -0.1) is 0 Å². The lowest BCUT2D eigenvalue weighted by Gasteiger charge is -2.32. The summed E-state index contributed by atoms with van der Waals surface area (Å²) in [6.07, 6.45) is 5.95. The number of anilines is 1. The van der Waals surface area contributed by atoms with E-state index in [1.807, 2.05) is 23.1 Å². The van der Waals surface area contributed by atoms with Crippen LogP contribution in [0.2, 0.25) is 0 Å². The normalized spacial score (nSPS) is 14.6. The van der Waals surface area contributed by atoms with Gasteiger partial charge in [0.15, 0.2) is 5.11 Å². The Morgan fingerprint density at radius 2 is 1.71 bits per heavy atom. The van der Waals surface area contributed by atoms with E-state index in [9.17, 15) is 9.59 Å². The zero-order valence-corrected chi connectivity index (χ0v) is 17.8. The van der Waals surface area contributed by atoms with Gasteiger partial charge in [0, 0.05) is 32.6 Å². The number of hydrogen-bond donors (Lipinski definition) is 2. The van der Waals surface area contributed by atoms with Crippen molar-refractivity contribution >= 4 is 34.8 Å². The maximum absolute atomic E-state index is 12.9. The Hall–Kier alpha value is -1.99. The quantitative estimate of drug-likeness (QED) is 0.514. The van der Waals surface area contributed by atoms with Crippen LogP contribution in [0.3, 0.4) is 0 Å². The molecule has 2 N–H and O–H groups in total. The molecule has 0 bridgehead atoms. The average molecular weight is 405 g/mol. The van der Waals surface area contributed by atoms with Gasteiger partial charge in [-0.2, -0.15) is 0 Å². The molecule has 28 heavy (non-hydrogen) atoms. The molecule has 7 heteroatoms. The Kier molecular flexibility index (Phi) is 9.37. The fourth-order valence-electron chi connectivity index (χ4n) is 3.19. The SMILES string of the molecule is CCCCCCCC(=O)NC(=S)Nc1ccccc1C(=O)N1CCN(C)CC1. The van der Waals surface area contributed by atoms with E-state index in [1.165, 1.54) is 12.8 Å². The molecule has 1 aromatic carbocycles. The van der Waals surface area contributed by atoms with Gasteiger partial charge in [-0.3, -0.25) is 9.59 Å². The van der Waals surface area contributed by atoms with Crippen molar-refractivity contribution in [3.05, 3.63) is 29.8 Å². The third-order valence-corrected chi connectivity index (χ3v) is 5.16. The Balaban J connectivity index is 1.87. The van der Waals surface area contributed by atoms with Gasteiger partial charge in [-0.25, -0.2) is 0 Å². The summed E-state index contributed by atoms with van der Waals surface area (Å²) in [5.74, 6) is -0.0990. The zero-order valence-electron chi connectivity index (χ0n) is 17.0. The van der Waals surface area contributed by atoms with Gasteiger partial charge in [0.05, 0.1) is 11.3 Å². The van der Waals surface area contributed by atoms with Crippen molar-refractivity contribution in [1.82, 2.24) is 15.1 Å². The molecule has 0 aliphatic carbocycles. The van der Waals surface area contributed by atoms with Crippen LogP contribution in [-0.4, -0.2) is 60.0 Å². The highest BCUT2D eigenvalue weighted by Gasteiger charge is 2.22. The Morgan fingerprint density at radius 1 is 1.04 bits per heavy atom. The van der Waals surface area contributed by atoms with Crippen molar-refractivity contribution in [2.24, 2.45) is 0 Å². The number of para-hydroxylation sites is 1. The van der Waals surface area contributed by atoms with Crippen molar-refractivity contribution in [1.29, 1.82) is 0 Å². The summed E-state index contributed by atoms with van der Waals surface area (Å²) in [5.41, 5.74) is 1.20. The van der Waals surface area contributed by atoms with Crippen LogP contribution in [0.5, 0.6) is 0 Å². The summed E-state index contributed by atoms with van der Waals surface area (Å²) in [7, 11) is 2.06. The molecule has 6 nitrogen and oxygen atoms in total. The molecule has 1 saturated heterocycles. The maximum Gasteiger partial charge on any atom is 0.256 e. The fraction of sp³-hybridized carbons (Fsp3) is 0.571. The smallest absolute Gasteiger partial charge is 0.256 e. The van der Waals surface area contributed by atoms with Crippen molar-refractivity contribution in [2.75, 3.05) is 38.5 Å². The lowest BCUT2D eigenvalue weighted by Crippen LogP contribution is -2.47. The van der Waals surface area contributed by atoms with E-state index < -0.39 is 0 Å². The number of carbonyl (C=O) groups excluding carboxylic acids is 2. The second kappa shape index (κ2) is 11.8. The van der Waals surface area contributed by atoms with Gasteiger partial charge in [0.25, 0.3) is 5.91 Å². The molecule has 1 aliphatic rings. The van der Waals surface area contributed by atoms with E-state index in [-0.39, 0.29) is 16.9 Å². The van der Waals surface area contributed by atoms with Crippen molar-refractivity contribution < 1.29 is 9.59 Å². The molecular formula is C21H32N4O2S. The minimum Gasteiger partial charge on any atom is -0.336 e. The van der Waals surface area contributed by atoms with Crippen molar-refractivity contribution in [2.45, 2.75) is 45.4 Å². The highest BCUT2D eigenvalue weighted by molar-refractivity contribution is 7.80. The lowest BCUT2D eigenvalue weighted by atomic mass is 10.1. The topological polar surface area (TPSA) is 64.7 Å². The molecule has 2 rings (SSSR count). The van der Waals surface area contributed by atoms with Crippen LogP contribution in [0.15, 0.2) is 24.3 Å². The number of thiocarbonyl (C=S) groups is 1. The van der Waals surface area contributed by atoms with Gasteiger partial charge in [-0.1, -0.05) is 44.7 Å². The van der Waals surface area contributed by atoms with Crippen LogP contribution in [0.4, 0.5) is 5.69 Å². The minimum absolute atomic E-state index is 0.0127. The van der Waals surface area contributed by atoms with Crippen LogP contribution >= 0.6 is 12.2 Å². The summed E-state index contributed by atoms with van der Waals surface area (Å²) in [6, 6.07) is 7.29. The first-order chi connectivity index (χ1) is 13.5. The molecule has 1 aliphatic heterocycles. The standard InChI is InChI=1S/C21H32N4O2S/c1-3-4-5-6-7-12-19(26)23-21(28)22-18-11-9-8-10-17(18)20(27)25-15-13-24(2)14-16-25/h8-11H,3-7,12-16H2,1-2H3,(H2,22,23,26,28). The number of carbonyl (C=O) groups is 2. The number of nitrogens with zero attached hydrogens (tertiary/aromatic N) is 2. The van der Waals surface area contributed by atoms with Crippen LogP contribution in [0.1, 0.15) is 55.8 Å². The summed E-state index contributed by atoms with van der Waals surface area (Å²) < 4.78 is 0. The molecule has 0 atom stereocenters. The Bertz CT molecular complexity index is 672. The maximum atomic E-state index is 12.9. The van der Waals surface area contributed by atoms with E-state index in [2.05, 4.69) is 29.5 Å². The molecular weight excluding hydrogens is 372 g/mol. The monoisotopic (exact) mass is 404 g/mol. The van der Waals surface area contributed by atoms with Gasteiger partial charge in [0.2, 0.25) is 5.91 Å². The number of hydrogen-bond acceptors (Lipinski definition) is 4. The van der Waals surface area contributed by atoms with E-state index >= 15 is 0 Å². The van der Waals surface area contributed by atoms with Crippen LogP contribution < -0.4 is 10.6 Å². The van der Waals surface area contributed by atoms with Crippen molar-refractivity contribution in [3.63, 3.8) is 0 Å². The van der Waals surface area contributed by atoms with E-state index in [0.29, 0.717) is 30.8 Å². The van der Waals surface area contributed by atoms with E-state index in [4.69, 9.17) is 12.2 Å². The number of piperazine rings is 1. The number of rotatable bonds is 8. The molecule has 0 spiro atoms. The molecule has 0 saturated carbocycles. The third kappa shape index (κ3) is 7.20. The number of likely N-dealkylation sites (N-methyl/N-ethyl adjacent to an activating group) is 1. The van der Waals surface area contributed by atoms with Crippen LogP contribution in [0.25, 0.3) is 0 Å². The highest BCUT2D eigenvalue weighted by Crippen LogP contribution is 2.18. The summed E-state index contributed by atoms with van der Waals surface area (Å²) in [6.45, 7) is 5.33. The van der Waals surface area contributed by atoms with E-state index in [1.54, 1.807) is 6.07 Å². The Labute approximate surface area is 173 Å². The van der Waals surface area contributed by atoms with Crippen LogP contribution in [0, 0.1) is 0 Å². The first kappa shape index (κ1) is 22.3. The number of amides is 2. The van der Waals surface area contributed by atoms with Gasteiger partial charge in [-0.05, 0) is 37.8 Å². The first-order valence-electron chi connectivity index (χ1n) is 10.2. The number of nitrogens with one attached hydrogen (secondary N) is 2. The predicted octanol–water partition coefficient (Wildman–Crippen LogP) is 3.25. The molecule has 0 aromatic heterocycles. The molecule has 154 valence electrons. The molecule has 1 heterocycles. The predicted molar refractivity (Wildman–Crippen MR) is 118 cm³/mol. The summed E-state index contributed by atoms with van der Waals surface area (Å²) in [5, 5.41) is 5.98. The lowest BCUT2D eigenvalue weighted by molar-refractivity contribution is -0.119. The third-order valence-electron chi connectivity index (χ3n) is 4.96. The summed E-state index contributed by atoms with van der Waals surface area (Å²) >= 11 is 5.28. The van der Waals surface area contributed by atoms with Gasteiger partial charge >= 0.3 is 0 Å². The molecule has 1 aromatic rings. The highest BCUT2D eigenvalue weighted by atomic mass is 32.1. The van der Waals surface area contributed by atoms with Gasteiger partial charge < -0.3 is 20.4 Å². The van der Waals surface area contributed by atoms with Crippen LogP contribution in [-0.2, 0) is 4.79 Å². The fourth-order valence-corrected chi connectivity index (χ4v) is 3.41. The zero-order chi connectivity index (χ0) is 20.4. The molecule has 0 radical (unpaired) electrons. The molecule has 1 fully saturated rings. The molecule has 2 amide bonds. The summed E-state index contributed by atoms with van der Waals surface area (Å²) in [4.78, 5) is 29.0. The largest absolute Gasteiger partial charge is 0.336 e. The number of benzene rings is 1. The second-order valence-corrected chi connectivity index (χ2v) is 7.72. The van der Waals surface area contributed by atoms with E-state index in [0.717, 1.165) is 32.4 Å².